The van der Waals surface area contributed by atoms with E-state index in [4.69, 9.17) is 0 Å². The second-order valence-electron chi connectivity index (χ2n) is 5.07. The Bertz CT molecular complexity index is 662. The summed E-state index contributed by atoms with van der Waals surface area (Å²) in [5, 5.41) is 4.92. The molecular weight excluding hydrogens is 286 g/mol. The van der Waals surface area contributed by atoms with Crippen LogP contribution in [-0.4, -0.2) is 36.0 Å². The molecule has 1 N–H and O–H groups in total. The first-order chi connectivity index (χ1) is 9.99. The van der Waals surface area contributed by atoms with Crippen LogP contribution in [0.3, 0.4) is 0 Å². The molecule has 2 rings (SSSR count). The molecule has 1 unspecified atom stereocenters. The molecule has 0 saturated carbocycles. The van der Waals surface area contributed by atoms with Crippen molar-refractivity contribution in [2.45, 2.75) is 6.04 Å². The number of nitrogens with one attached hydrogen (secondary N) is 1. The van der Waals surface area contributed by atoms with Crippen molar-refractivity contribution in [3.8, 4) is 0 Å². The lowest BCUT2D eigenvalue weighted by atomic mass is 10.2. The van der Waals surface area contributed by atoms with E-state index < -0.39 is 0 Å². The van der Waals surface area contributed by atoms with Gasteiger partial charge in [-0.3, -0.25) is 9.59 Å². The first-order valence-corrected chi connectivity index (χ1v) is 7.51. The fourth-order valence-corrected chi connectivity index (χ4v) is 2.92. The fourth-order valence-electron chi connectivity index (χ4n) is 2.00. The molecule has 6 heteroatoms. The van der Waals surface area contributed by atoms with Crippen LogP contribution in [0.5, 0.6) is 0 Å². The summed E-state index contributed by atoms with van der Waals surface area (Å²) in [5.74, 6) is -0.226. The van der Waals surface area contributed by atoms with Gasteiger partial charge in [0.05, 0.1) is 6.04 Å². The van der Waals surface area contributed by atoms with Gasteiger partial charge < -0.3 is 14.8 Å². The monoisotopic (exact) mass is 305 g/mol. The summed E-state index contributed by atoms with van der Waals surface area (Å²) in [6.45, 7) is 0.502. The Labute approximate surface area is 127 Å². The summed E-state index contributed by atoms with van der Waals surface area (Å²) in [6, 6.07) is 7.18. The first-order valence-electron chi connectivity index (χ1n) is 6.63. The van der Waals surface area contributed by atoms with Crippen molar-refractivity contribution < 1.29 is 4.79 Å². The van der Waals surface area contributed by atoms with Crippen molar-refractivity contribution in [2.75, 3.05) is 20.6 Å². The van der Waals surface area contributed by atoms with Crippen LogP contribution in [0.4, 0.5) is 0 Å². The summed E-state index contributed by atoms with van der Waals surface area (Å²) in [7, 11) is 5.62. The molecule has 0 radical (unpaired) electrons. The van der Waals surface area contributed by atoms with E-state index in [0.717, 1.165) is 0 Å². The largest absolute Gasteiger partial charge is 0.350 e. The number of amides is 1. The maximum Gasteiger partial charge on any atom is 0.251 e. The minimum absolute atomic E-state index is 0.125. The maximum atomic E-state index is 12.1. The molecule has 112 valence electrons. The van der Waals surface area contributed by atoms with Crippen molar-refractivity contribution in [1.29, 1.82) is 0 Å². The van der Waals surface area contributed by atoms with Crippen molar-refractivity contribution in [3.05, 3.63) is 56.6 Å². The van der Waals surface area contributed by atoms with E-state index in [9.17, 15) is 9.59 Å². The maximum absolute atomic E-state index is 12.1. The third-order valence-electron chi connectivity index (χ3n) is 3.32. The number of carbonyl (C=O) groups excluding carboxylic acids is 1. The second-order valence-corrected chi connectivity index (χ2v) is 6.05. The van der Waals surface area contributed by atoms with Gasteiger partial charge in [-0.1, -0.05) is 6.07 Å². The van der Waals surface area contributed by atoms with Crippen LogP contribution in [0.15, 0.2) is 40.6 Å². The molecule has 0 aliphatic rings. The van der Waals surface area contributed by atoms with Gasteiger partial charge in [-0.25, -0.2) is 0 Å². The molecule has 5 nitrogen and oxygen atoms in total. The van der Waals surface area contributed by atoms with Gasteiger partial charge in [-0.15, -0.1) is 11.3 Å². The van der Waals surface area contributed by atoms with Gasteiger partial charge in [-0.2, -0.15) is 0 Å². The molecule has 1 atom stereocenters. The van der Waals surface area contributed by atoms with Gasteiger partial charge >= 0.3 is 0 Å². The van der Waals surface area contributed by atoms with Crippen molar-refractivity contribution in [1.82, 2.24) is 14.8 Å². The highest BCUT2D eigenvalue weighted by Crippen LogP contribution is 2.22. The van der Waals surface area contributed by atoms with E-state index in [2.05, 4.69) is 16.3 Å². The molecule has 0 spiro atoms. The molecule has 2 heterocycles. The quantitative estimate of drug-likeness (QED) is 0.910. The number of thiophene rings is 1. The number of likely N-dealkylation sites (N-methyl/N-ethyl adjacent to an activating group) is 1. The SMILES string of the molecule is CN(C)C(CNC(=O)c1ccn(C)c(=O)c1)c1cccs1. The molecule has 0 aromatic carbocycles. The third-order valence-corrected chi connectivity index (χ3v) is 4.29. The van der Waals surface area contributed by atoms with Gasteiger partial charge in [-0.05, 0) is 31.6 Å². The van der Waals surface area contributed by atoms with Crippen LogP contribution in [0.25, 0.3) is 0 Å². The van der Waals surface area contributed by atoms with Gasteiger partial charge in [0.1, 0.15) is 0 Å². The molecule has 2 aromatic heterocycles. The Morgan fingerprint density at radius 3 is 2.76 bits per heavy atom. The summed E-state index contributed by atoms with van der Waals surface area (Å²) >= 11 is 1.66. The van der Waals surface area contributed by atoms with E-state index in [-0.39, 0.29) is 17.5 Å². The number of pyridine rings is 1. The molecule has 0 bridgehead atoms. The van der Waals surface area contributed by atoms with Gasteiger partial charge in [0, 0.05) is 36.3 Å². The minimum atomic E-state index is -0.226. The van der Waals surface area contributed by atoms with Crippen LogP contribution in [0, 0.1) is 0 Å². The zero-order valence-corrected chi connectivity index (χ0v) is 13.2. The van der Waals surface area contributed by atoms with Crippen molar-refractivity contribution >= 4 is 17.2 Å². The standard InChI is InChI=1S/C15H19N3O2S/c1-17(2)12(13-5-4-8-21-13)10-16-15(20)11-6-7-18(3)14(19)9-11/h4-9,12H,10H2,1-3H3,(H,16,20). The lowest BCUT2D eigenvalue weighted by Gasteiger charge is -2.23. The smallest absolute Gasteiger partial charge is 0.251 e. The lowest BCUT2D eigenvalue weighted by molar-refractivity contribution is 0.0942. The summed E-state index contributed by atoms with van der Waals surface area (Å²) in [6.07, 6.45) is 1.60. The highest BCUT2D eigenvalue weighted by atomic mass is 32.1. The fraction of sp³-hybridized carbons (Fsp3) is 0.333. The molecule has 0 aliphatic heterocycles. The van der Waals surface area contributed by atoms with E-state index in [1.54, 1.807) is 30.6 Å². The average molecular weight is 305 g/mol. The van der Waals surface area contributed by atoms with E-state index in [1.165, 1.54) is 15.5 Å². The Morgan fingerprint density at radius 2 is 2.19 bits per heavy atom. The second kappa shape index (κ2) is 6.69. The lowest BCUT2D eigenvalue weighted by Crippen LogP contribution is -2.34. The van der Waals surface area contributed by atoms with Crippen LogP contribution in [0.1, 0.15) is 21.3 Å². The van der Waals surface area contributed by atoms with Crippen LogP contribution < -0.4 is 10.9 Å². The zero-order chi connectivity index (χ0) is 15.4. The predicted molar refractivity (Wildman–Crippen MR) is 84.8 cm³/mol. The highest BCUT2D eigenvalue weighted by Gasteiger charge is 2.16. The molecule has 1 amide bonds. The van der Waals surface area contributed by atoms with Crippen LogP contribution >= 0.6 is 11.3 Å². The Kier molecular flexibility index (Phi) is 4.93. The molecule has 0 saturated heterocycles. The van der Waals surface area contributed by atoms with Crippen molar-refractivity contribution in [2.24, 2.45) is 7.05 Å². The number of aryl methyl sites for hydroxylation is 1. The number of rotatable bonds is 5. The van der Waals surface area contributed by atoms with E-state index in [1.807, 2.05) is 25.5 Å². The number of hydrogen-bond acceptors (Lipinski definition) is 4. The summed E-state index contributed by atoms with van der Waals surface area (Å²) in [5.41, 5.74) is 0.201. The van der Waals surface area contributed by atoms with Gasteiger partial charge in [0.15, 0.2) is 0 Å². The normalized spacial score (nSPS) is 12.4. The molecule has 0 fully saturated rings. The summed E-state index contributed by atoms with van der Waals surface area (Å²) in [4.78, 5) is 26.9. The van der Waals surface area contributed by atoms with E-state index in [0.29, 0.717) is 12.1 Å². The average Bonchev–Trinajstić information content (AvgIpc) is 2.95. The summed E-state index contributed by atoms with van der Waals surface area (Å²) < 4.78 is 1.44. The first kappa shape index (κ1) is 15.5. The predicted octanol–water partition coefficient (Wildman–Crippen LogP) is 1.48. The van der Waals surface area contributed by atoms with E-state index >= 15 is 0 Å². The molecular formula is C15H19N3O2S. The molecule has 2 aromatic rings. The third kappa shape index (κ3) is 3.80. The molecule has 0 aliphatic carbocycles. The number of carbonyl (C=O) groups is 1. The minimum Gasteiger partial charge on any atom is -0.350 e. The van der Waals surface area contributed by atoms with Gasteiger partial charge in [0.2, 0.25) is 0 Å². The Balaban J connectivity index is 2.05. The van der Waals surface area contributed by atoms with Crippen LogP contribution in [0.2, 0.25) is 0 Å². The Hall–Kier alpha value is -1.92. The van der Waals surface area contributed by atoms with Crippen molar-refractivity contribution in [3.63, 3.8) is 0 Å². The number of aromatic nitrogens is 1. The number of hydrogen-bond donors (Lipinski definition) is 1. The topological polar surface area (TPSA) is 54.3 Å². The van der Waals surface area contributed by atoms with Gasteiger partial charge in [0.25, 0.3) is 11.5 Å². The zero-order valence-electron chi connectivity index (χ0n) is 12.4. The number of nitrogens with zero attached hydrogens (tertiary/aromatic N) is 2. The Morgan fingerprint density at radius 1 is 1.43 bits per heavy atom. The highest BCUT2D eigenvalue weighted by molar-refractivity contribution is 7.10. The van der Waals surface area contributed by atoms with Crippen LogP contribution in [-0.2, 0) is 7.05 Å². The molecule has 21 heavy (non-hydrogen) atoms.